The molecule has 0 spiro atoms. The first-order chi connectivity index (χ1) is 8.51. The van der Waals surface area contributed by atoms with Gasteiger partial charge in [-0.05, 0) is 49.6 Å². The van der Waals surface area contributed by atoms with Crippen LogP contribution in [0.2, 0.25) is 0 Å². The van der Waals surface area contributed by atoms with Crippen molar-refractivity contribution in [2.24, 2.45) is 0 Å². The summed E-state index contributed by atoms with van der Waals surface area (Å²) < 4.78 is 4.70. The van der Waals surface area contributed by atoms with Crippen LogP contribution in [0.5, 0.6) is 0 Å². The van der Waals surface area contributed by atoms with Crippen LogP contribution in [0.15, 0.2) is 18.2 Å². The molecule has 0 aliphatic heterocycles. The summed E-state index contributed by atoms with van der Waals surface area (Å²) in [6, 6.07) is 6.09. The average Bonchev–Trinajstić information content (AvgIpc) is 2.30. The minimum Gasteiger partial charge on any atom is -0.469 e. The Bertz CT molecular complexity index is 617. The van der Waals surface area contributed by atoms with Crippen LogP contribution in [0, 0.1) is 20.8 Å². The van der Waals surface area contributed by atoms with Crippen LogP contribution >= 0.6 is 0 Å². The van der Waals surface area contributed by atoms with Crippen molar-refractivity contribution < 1.29 is 9.53 Å². The number of pyridine rings is 1. The molecular weight excluding hydrogens is 226 g/mol. The number of benzene rings is 1. The minimum absolute atomic E-state index is 0.216. The molecule has 18 heavy (non-hydrogen) atoms. The summed E-state index contributed by atoms with van der Waals surface area (Å²) in [5.41, 5.74) is 5.29. The van der Waals surface area contributed by atoms with E-state index < -0.39 is 0 Å². The van der Waals surface area contributed by atoms with Gasteiger partial charge in [-0.15, -0.1) is 0 Å². The zero-order chi connectivity index (χ0) is 13.3. The second-order valence-corrected chi connectivity index (χ2v) is 4.64. The Morgan fingerprint density at radius 1 is 1.17 bits per heavy atom. The average molecular weight is 243 g/mol. The highest BCUT2D eigenvalue weighted by atomic mass is 16.5. The number of aromatic nitrogens is 1. The van der Waals surface area contributed by atoms with Gasteiger partial charge in [-0.2, -0.15) is 0 Å². The number of ether oxygens (including phenoxy) is 1. The van der Waals surface area contributed by atoms with Crippen molar-refractivity contribution in [3.63, 3.8) is 0 Å². The first kappa shape index (κ1) is 12.6. The summed E-state index contributed by atoms with van der Waals surface area (Å²) in [5, 5.41) is 1.11. The minimum atomic E-state index is -0.216. The topological polar surface area (TPSA) is 39.2 Å². The number of fused-ring (bicyclic) bond motifs is 1. The summed E-state index contributed by atoms with van der Waals surface area (Å²) in [4.78, 5) is 15.9. The van der Waals surface area contributed by atoms with Gasteiger partial charge in [0, 0.05) is 11.1 Å². The lowest BCUT2D eigenvalue weighted by molar-refractivity contribution is -0.139. The van der Waals surface area contributed by atoms with Crippen molar-refractivity contribution in [1.29, 1.82) is 0 Å². The van der Waals surface area contributed by atoms with Crippen molar-refractivity contribution in [2.75, 3.05) is 7.11 Å². The molecule has 0 saturated carbocycles. The van der Waals surface area contributed by atoms with Crippen molar-refractivity contribution in [1.82, 2.24) is 4.98 Å². The third-order valence-corrected chi connectivity index (χ3v) is 3.07. The van der Waals surface area contributed by atoms with Crippen LogP contribution in [-0.2, 0) is 16.0 Å². The highest BCUT2D eigenvalue weighted by molar-refractivity contribution is 5.87. The molecule has 0 bridgehead atoms. The molecule has 2 rings (SSSR count). The number of hydrogen-bond acceptors (Lipinski definition) is 3. The van der Waals surface area contributed by atoms with Gasteiger partial charge in [-0.3, -0.25) is 9.78 Å². The van der Waals surface area contributed by atoms with Gasteiger partial charge in [0.05, 0.1) is 19.0 Å². The maximum atomic E-state index is 11.3. The van der Waals surface area contributed by atoms with Crippen LogP contribution in [0.25, 0.3) is 10.9 Å². The lowest BCUT2D eigenvalue weighted by atomic mass is 10.0. The van der Waals surface area contributed by atoms with Crippen LogP contribution in [0.4, 0.5) is 0 Å². The van der Waals surface area contributed by atoms with Gasteiger partial charge in [-0.1, -0.05) is 6.07 Å². The molecule has 3 heteroatoms. The Morgan fingerprint density at radius 2 is 1.89 bits per heavy atom. The number of nitrogens with zero attached hydrogens (tertiary/aromatic N) is 1. The maximum absolute atomic E-state index is 11.3. The van der Waals surface area contributed by atoms with Gasteiger partial charge in [0.25, 0.3) is 0 Å². The van der Waals surface area contributed by atoms with Gasteiger partial charge in [0.15, 0.2) is 0 Å². The van der Waals surface area contributed by atoms with E-state index in [9.17, 15) is 4.79 Å². The van der Waals surface area contributed by atoms with Crippen molar-refractivity contribution in [3.8, 4) is 0 Å². The molecule has 0 amide bonds. The monoisotopic (exact) mass is 243 g/mol. The Morgan fingerprint density at radius 3 is 2.56 bits per heavy atom. The fourth-order valence-electron chi connectivity index (χ4n) is 2.24. The van der Waals surface area contributed by atoms with E-state index in [0.717, 1.165) is 27.7 Å². The zero-order valence-electron chi connectivity index (χ0n) is 11.2. The van der Waals surface area contributed by atoms with Gasteiger partial charge in [-0.25, -0.2) is 0 Å². The predicted molar refractivity (Wildman–Crippen MR) is 71.7 cm³/mol. The highest BCUT2D eigenvalue weighted by Crippen LogP contribution is 2.23. The van der Waals surface area contributed by atoms with Crippen LogP contribution in [0.3, 0.4) is 0 Å². The zero-order valence-corrected chi connectivity index (χ0v) is 11.2. The fraction of sp³-hybridized carbons (Fsp3) is 0.333. The smallest absolute Gasteiger partial charge is 0.309 e. The number of rotatable bonds is 2. The number of esters is 1. The number of carbonyl (C=O) groups is 1. The molecule has 1 heterocycles. The molecule has 0 N–H and O–H groups in total. The van der Waals surface area contributed by atoms with Gasteiger partial charge < -0.3 is 4.74 Å². The van der Waals surface area contributed by atoms with E-state index in [-0.39, 0.29) is 5.97 Å². The lowest BCUT2D eigenvalue weighted by Crippen LogP contribution is -2.05. The normalized spacial score (nSPS) is 10.7. The molecule has 3 nitrogen and oxygen atoms in total. The van der Waals surface area contributed by atoms with E-state index in [0.29, 0.717) is 6.42 Å². The number of carbonyl (C=O) groups excluding carboxylic acids is 1. The molecule has 2 aromatic rings. The highest BCUT2D eigenvalue weighted by Gasteiger charge is 2.09. The molecule has 0 aliphatic rings. The van der Waals surface area contributed by atoms with E-state index in [1.807, 2.05) is 26.0 Å². The van der Waals surface area contributed by atoms with E-state index in [1.165, 1.54) is 12.7 Å². The lowest BCUT2D eigenvalue weighted by Gasteiger charge is -2.09. The second kappa shape index (κ2) is 4.77. The molecule has 0 fully saturated rings. The standard InChI is InChI=1S/C15H17NO2/c1-9-5-11(3)16-15-10(2)6-12(7-13(9)15)8-14(17)18-4/h5-7H,8H2,1-4H3. The number of methoxy groups -OCH3 is 1. The van der Waals surface area contributed by atoms with Crippen LogP contribution in [-0.4, -0.2) is 18.1 Å². The first-order valence-electron chi connectivity index (χ1n) is 5.95. The SMILES string of the molecule is COC(=O)Cc1cc(C)c2nc(C)cc(C)c2c1. The summed E-state index contributed by atoms with van der Waals surface area (Å²) >= 11 is 0. The summed E-state index contributed by atoms with van der Waals surface area (Å²) in [7, 11) is 1.41. The molecular formula is C15H17NO2. The quantitative estimate of drug-likeness (QED) is 0.761. The Labute approximate surface area is 107 Å². The summed E-state index contributed by atoms with van der Waals surface area (Å²) in [5.74, 6) is -0.216. The van der Waals surface area contributed by atoms with Gasteiger partial charge in [0.1, 0.15) is 0 Å². The fourth-order valence-corrected chi connectivity index (χ4v) is 2.24. The Balaban J connectivity index is 2.58. The molecule has 0 radical (unpaired) electrons. The Kier molecular flexibility index (Phi) is 3.32. The summed E-state index contributed by atoms with van der Waals surface area (Å²) in [6.45, 7) is 6.08. The van der Waals surface area contributed by atoms with Crippen molar-refractivity contribution in [2.45, 2.75) is 27.2 Å². The van der Waals surface area contributed by atoms with E-state index >= 15 is 0 Å². The largest absolute Gasteiger partial charge is 0.469 e. The molecule has 0 atom stereocenters. The van der Waals surface area contributed by atoms with Crippen LogP contribution in [0.1, 0.15) is 22.4 Å². The predicted octanol–water partition coefficient (Wildman–Crippen LogP) is 2.88. The molecule has 1 aromatic heterocycles. The molecule has 94 valence electrons. The number of aryl methyl sites for hydroxylation is 3. The molecule has 1 aromatic carbocycles. The second-order valence-electron chi connectivity index (χ2n) is 4.64. The van der Waals surface area contributed by atoms with Crippen LogP contribution < -0.4 is 0 Å². The molecule has 0 saturated heterocycles. The molecule has 0 unspecified atom stereocenters. The Hall–Kier alpha value is -1.90. The van der Waals surface area contributed by atoms with E-state index in [2.05, 4.69) is 18.0 Å². The third kappa shape index (κ3) is 2.35. The van der Waals surface area contributed by atoms with Crippen molar-refractivity contribution >= 4 is 16.9 Å². The maximum Gasteiger partial charge on any atom is 0.309 e. The molecule has 0 aliphatic carbocycles. The summed E-state index contributed by atoms with van der Waals surface area (Å²) in [6.07, 6.45) is 0.306. The van der Waals surface area contributed by atoms with Gasteiger partial charge >= 0.3 is 5.97 Å². The van der Waals surface area contributed by atoms with E-state index in [1.54, 1.807) is 0 Å². The number of hydrogen-bond donors (Lipinski definition) is 0. The first-order valence-corrected chi connectivity index (χ1v) is 5.95. The van der Waals surface area contributed by atoms with Gasteiger partial charge in [0.2, 0.25) is 0 Å². The third-order valence-electron chi connectivity index (χ3n) is 3.07. The van der Waals surface area contributed by atoms with Crippen molar-refractivity contribution in [3.05, 3.63) is 40.6 Å². The van der Waals surface area contributed by atoms with E-state index in [4.69, 9.17) is 4.74 Å².